The third-order valence-electron chi connectivity index (χ3n) is 12.5. The monoisotopic (exact) mass is 827 g/mol. The number of benzene rings is 11. The van der Waals surface area contributed by atoms with Crippen molar-refractivity contribution in [1.29, 1.82) is 0 Å². The summed E-state index contributed by atoms with van der Waals surface area (Å²) in [6.45, 7) is 0. The lowest BCUT2D eigenvalue weighted by Gasteiger charge is -2.26. The van der Waals surface area contributed by atoms with Gasteiger partial charge >= 0.3 is 0 Å². The highest BCUT2D eigenvalue weighted by Gasteiger charge is 2.16. The molecule has 11 aromatic rings. The molecule has 11 aromatic carbocycles. The van der Waals surface area contributed by atoms with Gasteiger partial charge in [-0.15, -0.1) is 0 Å². The molecular weight excluding hydrogens is 783 g/mol. The van der Waals surface area contributed by atoms with E-state index >= 15 is 0 Å². The van der Waals surface area contributed by atoms with Crippen molar-refractivity contribution in [3.8, 4) is 77.9 Å². The van der Waals surface area contributed by atoms with Crippen LogP contribution in [0.3, 0.4) is 0 Å². The highest BCUT2D eigenvalue weighted by atomic mass is 15.1. The van der Waals surface area contributed by atoms with E-state index in [0.717, 1.165) is 17.1 Å². The zero-order valence-electron chi connectivity index (χ0n) is 35.9. The summed E-state index contributed by atoms with van der Waals surface area (Å²) >= 11 is 0. The summed E-state index contributed by atoms with van der Waals surface area (Å²) in [5.74, 6) is 0. The molecule has 0 N–H and O–H groups in total. The molecule has 0 saturated heterocycles. The fraction of sp³-hybridized carbons (Fsp3) is 0. The zero-order valence-corrected chi connectivity index (χ0v) is 35.9. The predicted molar refractivity (Wildman–Crippen MR) is 277 cm³/mol. The fourth-order valence-electron chi connectivity index (χ4n) is 9.10. The Labute approximate surface area is 381 Å². The molecule has 0 aliphatic carbocycles. The van der Waals surface area contributed by atoms with Gasteiger partial charge in [-0.05, 0) is 155 Å². The van der Waals surface area contributed by atoms with E-state index in [4.69, 9.17) is 0 Å². The number of hydrogen-bond donors (Lipinski definition) is 0. The van der Waals surface area contributed by atoms with Crippen LogP contribution in [0.5, 0.6) is 0 Å². The van der Waals surface area contributed by atoms with Crippen LogP contribution in [-0.2, 0) is 0 Å². The molecule has 65 heavy (non-hydrogen) atoms. The van der Waals surface area contributed by atoms with Gasteiger partial charge in [0.1, 0.15) is 0 Å². The number of anilines is 3. The van der Waals surface area contributed by atoms with Gasteiger partial charge < -0.3 is 4.90 Å². The van der Waals surface area contributed by atoms with E-state index in [9.17, 15) is 0 Å². The summed E-state index contributed by atoms with van der Waals surface area (Å²) in [5, 5.41) is 2.51. The standard InChI is InChI=1S/C64H45N/c1-4-15-46(16-5-1)53-23-12-24-54(41-53)49-29-35-60(36-30-49)65(61-37-31-50(32-38-61)55-25-13-26-56(42-55)64-28-14-22-52-21-10-11-27-63(52)64)62-39-33-51(34-40-62)59-44-57(47-17-6-2-7-18-47)43-58(45-59)48-19-8-3-9-20-48/h1-45H. The lowest BCUT2D eigenvalue weighted by atomic mass is 9.93. The largest absolute Gasteiger partial charge is 0.311 e. The van der Waals surface area contributed by atoms with Gasteiger partial charge in [0.25, 0.3) is 0 Å². The van der Waals surface area contributed by atoms with Crippen molar-refractivity contribution in [2.75, 3.05) is 4.90 Å². The second kappa shape index (κ2) is 17.7. The van der Waals surface area contributed by atoms with E-state index in [1.54, 1.807) is 0 Å². The summed E-state index contributed by atoms with van der Waals surface area (Å²) in [4.78, 5) is 2.36. The van der Waals surface area contributed by atoms with Gasteiger partial charge in [-0.1, -0.05) is 206 Å². The first-order chi connectivity index (χ1) is 32.2. The van der Waals surface area contributed by atoms with E-state index in [0.29, 0.717) is 0 Å². The van der Waals surface area contributed by atoms with Crippen LogP contribution in [0.4, 0.5) is 17.1 Å². The van der Waals surface area contributed by atoms with Crippen molar-refractivity contribution in [2.45, 2.75) is 0 Å². The Kier molecular flexibility index (Phi) is 10.7. The van der Waals surface area contributed by atoms with Gasteiger partial charge in [-0.3, -0.25) is 0 Å². The van der Waals surface area contributed by atoms with E-state index < -0.39 is 0 Å². The Balaban J connectivity index is 0.963. The number of fused-ring (bicyclic) bond motifs is 1. The Morgan fingerprint density at radius 1 is 0.185 bits per heavy atom. The highest BCUT2D eigenvalue weighted by molar-refractivity contribution is 5.97. The van der Waals surface area contributed by atoms with Crippen molar-refractivity contribution >= 4 is 27.8 Å². The van der Waals surface area contributed by atoms with Crippen LogP contribution in [-0.4, -0.2) is 0 Å². The van der Waals surface area contributed by atoms with Crippen LogP contribution < -0.4 is 4.90 Å². The molecule has 0 amide bonds. The molecule has 0 fully saturated rings. The summed E-state index contributed by atoms with van der Waals surface area (Å²) in [5.41, 5.74) is 20.0. The first-order valence-electron chi connectivity index (χ1n) is 22.3. The molecule has 0 unspecified atom stereocenters. The molecule has 0 aromatic heterocycles. The summed E-state index contributed by atoms with van der Waals surface area (Å²) < 4.78 is 0. The summed E-state index contributed by atoms with van der Waals surface area (Å²) in [7, 11) is 0. The van der Waals surface area contributed by atoms with Crippen molar-refractivity contribution < 1.29 is 0 Å². The lowest BCUT2D eigenvalue weighted by Crippen LogP contribution is -2.09. The average Bonchev–Trinajstić information content (AvgIpc) is 3.40. The van der Waals surface area contributed by atoms with Crippen LogP contribution in [0.1, 0.15) is 0 Å². The molecule has 0 spiro atoms. The Hall–Kier alpha value is -8.52. The molecule has 0 heterocycles. The second-order valence-corrected chi connectivity index (χ2v) is 16.6. The van der Waals surface area contributed by atoms with Gasteiger partial charge in [-0.25, -0.2) is 0 Å². The zero-order chi connectivity index (χ0) is 43.4. The quantitative estimate of drug-likeness (QED) is 0.133. The normalized spacial score (nSPS) is 11.1. The van der Waals surface area contributed by atoms with E-state index in [1.807, 2.05) is 0 Å². The number of hydrogen-bond acceptors (Lipinski definition) is 1. The molecular formula is C64H45N. The average molecular weight is 828 g/mol. The minimum atomic E-state index is 1.08. The van der Waals surface area contributed by atoms with Crippen molar-refractivity contribution in [3.05, 3.63) is 273 Å². The second-order valence-electron chi connectivity index (χ2n) is 16.6. The Bertz CT molecular complexity index is 3310. The van der Waals surface area contributed by atoms with Crippen LogP contribution in [0, 0.1) is 0 Å². The fourth-order valence-corrected chi connectivity index (χ4v) is 9.10. The maximum absolute atomic E-state index is 2.36. The van der Waals surface area contributed by atoms with E-state index in [2.05, 4.69) is 278 Å². The van der Waals surface area contributed by atoms with Crippen LogP contribution >= 0.6 is 0 Å². The van der Waals surface area contributed by atoms with Crippen LogP contribution in [0.25, 0.3) is 88.7 Å². The molecule has 0 saturated carbocycles. The maximum Gasteiger partial charge on any atom is 0.0462 e. The third-order valence-corrected chi connectivity index (χ3v) is 12.5. The molecule has 1 nitrogen and oxygen atoms in total. The molecule has 0 aliphatic heterocycles. The minimum Gasteiger partial charge on any atom is -0.311 e. The SMILES string of the molecule is c1ccc(-c2cccc(-c3ccc(N(c4ccc(-c5cc(-c6ccccc6)cc(-c6ccccc6)c5)cc4)c4ccc(-c5cccc(-c6cccc7ccccc67)c5)cc4)cc3)c2)cc1. The minimum absolute atomic E-state index is 1.08. The van der Waals surface area contributed by atoms with Crippen molar-refractivity contribution in [1.82, 2.24) is 0 Å². The Morgan fingerprint density at radius 3 is 0.938 bits per heavy atom. The van der Waals surface area contributed by atoms with Gasteiger partial charge in [0.15, 0.2) is 0 Å². The summed E-state index contributed by atoms with van der Waals surface area (Å²) in [6.07, 6.45) is 0. The maximum atomic E-state index is 2.36. The molecule has 0 atom stereocenters. The molecule has 11 rings (SSSR count). The molecule has 1 heteroatoms. The topological polar surface area (TPSA) is 3.24 Å². The van der Waals surface area contributed by atoms with Gasteiger partial charge in [0, 0.05) is 17.1 Å². The lowest BCUT2D eigenvalue weighted by molar-refractivity contribution is 1.28. The smallest absolute Gasteiger partial charge is 0.0462 e. The Morgan fingerprint density at radius 2 is 0.477 bits per heavy atom. The first kappa shape index (κ1) is 39.3. The van der Waals surface area contributed by atoms with Crippen molar-refractivity contribution in [3.63, 3.8) is 0 Å². The molecule has 0 aliphatic rings. The molecule has 0 bridgehead atoms. The van der Waals surface area contributed by atoms with Gasteiger partial charge in [-0.2, -0.15) is 0 Å². The van der Waals surface area contributed by atoms with E-state index in [-0.39, 0.29) is 0 Å². The number of nitrogens with zero attached hydrogens (tertiary/aromatic N) is 1. The number of rotatable bonds is 10. The van der Waals surface area contributed by atoms with Crippen molar-refractivity contribution in [2.24, 2.45) is 0 Å². The predicted octanol–water partition coefficient (Wildman–Crippen LogP) is 18.0. The molecule has 0 radical (unpaired) electrons. The van der Waals surface area contributed by atoms with Crippen LogP contribution in [0.15, 0.2) is 273 Å². The summed E-state index contributed by atoms with van der Waals surface area (Å²) in [6, 6.07) is 98.8. The van der Waals surface area contributed by atoms with Gasteiger partial charge in [0.05, 0.1) is 0 Å². The van der Waals surface area contributed by atoms with Crippen LogP contribution in [0.2, 0.25) is 0 Å². The van der Waals surface area contributed by atoms with Gasteiger partial charge in [0.2, 0.25) is 0 Å². The molecule has 306 valence electrons. The third kappa shape index (κ3) is 8.27. The first-order valence-corrected chi connectivity index (χ1v) is 22.3. The highest BCUT2D eigenvalue weighted by Crippen LogP contribution is 2.40. The van der Waals surface area contributed by atoms with E-state index in [1.165, 1.54) is 88.7 Å².